The quantitative estimate of drug-likeness (QED) is 0.210. The van der Waals surface area contributed by atoms with E-state index in [1.54, 1.807) is 24.3 Å². The van der Waals surface area contributed by atoms with E-state index in [9.17, 15) is 2.74 Å². The number of benzene rings is 6. The Morgan fingerprint density at radius 1 is 0.500 bits per heavy atom. The van der Waals surface area contributed by atoms with Crippen molar-refractivity contribution >= 4 is 43.7 Å². The van der Waals surface area contributed by atoms with Crippen molar-refractivity contribution in [2.75, 3.05) is 0 Å². The molecule has 206 valence electrons. The van der Waals surface area contributed by atoms with Crippen LogP contribution in [0, 0.1) is 0 Å². The lowest BCUT2D eigenvalue weighted by atomic mass is 10.1. The van der Waals surface area contributed by atoms with Gasteiger partial charge in [-0.05, 0) is 30.3 Å². The first-order chi connectivity index (χ1) is 26.0. The lowest BCUT2D eigenvalue weighted by molar-refractivity contribution is 0.669. The molecule has 44 heavy (non-hydrogen) atoms. The van der Waals surface area contributed by atoms with Crippen LogP contribution in [0.4, 0.5) is 0 Å². The van der Waals surface area contributed by atoms with Crippen LogP contribution in [0.25, 0.3) is 83.6 Å². The molecular weight excluding hydrogens is 540 g/mol. The Balaban J connectivity index is 1.46. The Morgan fingerprint density at radius 2 is 1.11 bits per heavy atom. The molecule has 0 atom stereocenters. The molecule has 0 aliphatic rings. The highest BCUT2D eigenvalue weighted by atomic mass is 16.3. The third-order valence-electron chi connectivity index (χ3n) is 7.50. The highest BCUT2D eigenvalue weighted by Crippen LogP contribution is 2.40. The fourth-order valence-electron chi connectivity index (χ4n) is 5.52. The molecule has 3 aromatic heterocycles. The molecule has 0 radical (unpaired) electrons. The van der Waals surface area contributed by atoms with Gasteiger partial charge in [-0.2, -0.15) is 0 Å². The summed E-state index contributed by atoms with van der Waals surface area (Å²) in [5.41, 5.74) is 1.81. The summed E-state index contributed by atoms with van der Waals surface area (Å²) < 4.78 is 95.8. The van der Waals surface area contributed by atoms with Crippen LogP contribution in [-0.4, -0.2) is 19.5 Å². The van der Waals surface area contributed by atoms with E-state index in [1.807, 2.05) is 60.7 Å². The van der Waals surface area contributed by atoms with Crippen LogP contribution in [0.15, 0.2) is 150 Å². The van der Waals surface area contributed by atoms with E-state index >= 15 is 0 Å². The molecule has 0 fully saturated rings. The molecular formula is C39H24N4O. The van der Waals surface area contributed by atoms with E-state index in [1.165, 1.54) is 4.57 Å². The van der Waals surface area contributed by atoms with Crippen molar-refractivity contribution in [1.82, 2.24) is 19.5 Å². The third-order valence-corrected chi connectivity index (χ3v) is 7.50. The minimum absolute atomic E-state index is 0.00925. The molecule has 0 unspecified atom stereocenters. The summed E-state index contributed by atoms with van der Waals surface area (Å²) in [5.74, 6) is 1.01. The molecule has 3 heterocycles. The van der Waals surface area contributed by atoms with Gasteiger partial charge < -0.3 is 8.98 Å². The highest BCUT2D eigenvalue weighted by molar-refractivity contribution is 6.17. The number of nitrogens with zero attached hydrogens (tertiary/aromatic N) is 4. The van der Waals surface area contributed by atoms with Crippen LogP contribution in [0.5, 0.6) is 0 Å². The van der Waals surface area contributed by atoms with Gasteiger partial charge in [0.2, 0.25) is 0 Å². The topological polar surface area (TPSA) is 56.7 Å². The first kappa shape index (κ1) is 16.5. The second-order valence-electron chi connectivity index (χ2n) is 10.1. The second kappa shape index (κ2) is 9.75. The van der Waals surface area contributed by atoms with E-state index in [-0.39, 0.29) is 61.7 Å². The number of hydrogen-bond acceptors (Lipinski definition) is 4. The van der Waals surface area contributed by atoms with E-state index < -0.39 is 48.3 Å². The molecule has 5 heteroatoms. The van der Waals surface area contributed by atoms with Crippen LogP contribution in [0.1, 0.15) is 13.7 Å². The predicted octanol–water partition coefficient (Wildman–Crippen LogP) is 9.87. The highest BCUT2D eigenvalue weighted by Gasteiger charge is 2.20. The van der Waals surface area contributed by atoms with E-state index in [2.05, 4.69) is 0 Å². The predicted molar refractivity (Wildman–Crippen MR) is 178 cm³/mol. The minimum atomic E-state index is -0.540. The number of hydrogen-bond donors (Lipinski definition) is 0. The van der Waals surface area contributed by atoms with Gasteiger partial charge >= 0.3 is 0 Å². The van der Waals surface area contributed by atoms with E-state index in [4.69, 9.17) is 30.3 Å². The van der Waals surface area contributed by atoms with Gasteiger partial charge in [0.1, 0.15) is 11.2 Å². The van der Waals surface area contributed by atoms with E-state index in [0.29, 0.717) is 22.9 Å². The summed E-state index contributed by atoms with van der Waals surface area (Å²) in [6, 6.07) is 21.2. The van der Waals surface area contributed by atoms with Crippen molar-refractivity contribution < 1.29 is 18.1 Å². The third kappa shape index (κ3) is 3.83. The molecule has 0 N–H and O–H groups in total. The molecule has 6 aromatic carbocycles. The Bertz CT molecular complexity index is 3000. The Kier molecular flexibility index (Phi) is 3.66. The zero-order chi connectivity index (χ0) is 37.7. The van der Waals surface area contributed by atoms with Gasteiger partial charge in [-0.3, -0.25) is 0 Å². The number of para-hydroxylation sites is 3. The maximum atomic E-state index is 9.58. The fourth-order valence-corrected chi connectivity index (χ4v) is 5.52. The van der Waals surface area contributed by atoms with Crippen LogP contribution >= 0.6 is 0 Å². The van der Waals surface area contributed by atoms with Gasteiger partial charge in [0.15, 0.2) is 17.5 Å². The zero-order valence-electron chi connectivity index (χ0n) is 32.8. The van der Waals surface area contributed by atoms with Crippen LogP contribution in [-0.2, 0) is 0 Å². The normalized spacial score (nSPS) is 14.8. The molecule has 0 spiro atoms. The van der Waals surface area contributed by atoms with Gasteiger partial charge in [0, 0.05) is 44.3 Å². The lowest BCUT2D eigenvalue weighted by Crippen LogP contribution is -2.03. The summed E-state index contributed by atoms with van der Waals surface area (Å²) in [5, 5.41) is -0.200. The summed E-state index contributed by atoms with van der Waals surface area (Å²) in [6.45, 7) is 0. The summed E-state index contributed by atoms with van der Waals surface area (Å²) >= 11 is 0. The summed E-state index contributed by atoms with van der Waals surface area (Å²) in [6.07, 6.45) is 0. The van der Waals surface area contributed by atoms with Gasteiger partial charge in [0.05, 0.1) is 30.4 Å². The van der Waals surface area contributed by atoms with Gasteiger partial charge in [0.25, 0.3) is 0 Å². The maximum Gasteiger partial charge on any atom is 0.166 e. The molecule has 9 aromatic rings. The molecule has 0 aliphatic carbocycles. The van der Waals surface area contributed by atoms with Crippen LogP contribution < -0.4 is 0 Å². The van der Waals surface area contributed by atoms with Gasteiger partial charge in [-0.15, -0.1) is 0 Å². The summed E-state index contributed by atoms with van der Waals surface area (Å²) in [7, 11) is 0. The monoisotopic (exact) mass is 574 g/mol. The van der Waals surface area contributed by atoms with Crippen molar-refractivity contribution in [1.29, 1.82) is 0 Å². The number of aromatic nitrogens is 4. The Hall–Kier alpha value is -6.07. The van der Waals surface area contributed by atoms with Gasteiger partial charge in [-0.1, -0.05) is 109 Å². The Morgan fingerprint density at radius 3 is 1.86 bits per heavy atom. The van der Waals surface area contributed by atoms with Crippen molar-refractivity contribution in [2.24, 2.45) is 0 Å². The Labute approximate surface area is 266 Å². The average molecular weight is 575 g/mol. The first-order valence-corrected chi connectivity index (χ1v) is 13.8. The minimum Gasteiger partial charge on any atom is -0.456 e. The van der Waals surface area contributed by atoms with Crippen LogP contribution in [0.3, 0.4) is 0 Å². The van der Waals surface area contributed by atoms with Crippen molar-refractivity contribution in [3.63, 3.8) is 0 Å². The van der Waals surface area contributed by atoms with Crippen molar-refractivity contribution in [2.45, 2.75) is 0 Å². The zero-order valence-corrected chi connectivity index (χ0v) is 22.8. The van der Waals surface area contributed by atoms with Crippen molar-refractivity contribution in [3.8, 4) is 39.9 Å². The molecule has 5 nitrogen and oxygen atoms in total. The smallest absolute Gasteiger partial charge is 0.166 e. The first-order valence-electron chi connectivity index (χ1n) is 18.8. The van der Waals surface area contributed by atoms with E-state index in [0.717, 1.165) is 11.1 Å². The fraction of sp³-hybridized carbons (Fsp3) is 0. The van der Waals surface area contributed by atoms with Crippen molar-refractivity contribution in [3.05, 3.63) is 145 Å². The number of furan rings is 1. The molecule has 0 saturated carbocycles. The SMILES string of the molecule is [2H]c1c([2H])c([2H])c2c(oc3c([2H])c4c(c([2H])c32)c2c([2H])c([2H])c([2H])c([2H])c2n4-c2ccccc2-c2nc(-c3ccccc3)nc(-c3ccccc3)n2)c1[2H]. The average Bonchev–Trinajstić information content (AvgIpc) is 3.79. The molecule has 9 rings (SSSR count). The number of rotatable bonds is 4. The van der Waals surface area contributed by atoms with Crippen LogP contribution in [0.2, 0.25) is 0 Å². The molecule has 0 amide bonds. The second-order valence-corrected chi connectivity index (χ2v) is 10.1. The lowest BCUT2D eigenvalue weighted by Gasteiger charge is -2.14. The molecule has 0 bridgehead atoms. The molecule has 0 aliphatic heterocycles. The maximum absolute atomic E-state index is 9.58. The standard InChI is InChI=1S/C39H24N4O/c1-3-13-25(14-4-1)37-40-38(26-15-5-2-6-16-26)42-39(41-37)29-19-8-11-21-33(29)43-32-20-10-7-17-27(32)30-23-31-28-18-9-12-22-35(28)44-36(31)24-34(30)43/h1-24H/i7D,9D,10D,12D,17D,18D,20D,22D,23D,24D. The largest absolute Gasteiger partial charge is 0.456 e. The summed E-state index contributed by atoms with van der Waals surface area (Å²) in [4.78, 5) is 14.6. The number of fused-ring (bicyclic) bond motifs is 6. The molecule has 0 saturated heterocycles. The van der Waals surface area contributed by atoms with Gasteiger partial charge in [-0.25, -0.2) is 15.0 Å².